The fourth-order valence-corrected chi connectivity index (χ4v) is 4.22. The van der Waals surface area contributed by atoms with Gasteiger partial charge in [0.1, 0.15) is 11.4 Å². The number of halogens is 3. The van der Waals surface area contributed by atoms with Gasteiger partial charge in [-0.15, -0.1) is 13.2 Å². The van der Waals surface area contributed by atoms with Crippen molar-refractivity contribution in [2.75, 3.05) is 18.4 Å². The standard InChI is InChI=1S/C26H29F3N4O4/c1-25(2,3)37-24(35)32-13-11-18(12-14-32)22(34)31-23-30-20-9-4-5-10-21(20)33(23)16-17-7-6-8-19(15-17)36-26(27,28)29/h4-10,15,18H,11-14,16H2,1-3H3,(H,30,31,34). The zero-order chi connectivity index (χ0) is 26.8. The molecule has 1 fully saturated rings. The van der Waals surface area contributed by atoms with Crippen LogP contribution in [0.3, 0.4) is 0 Å². The number of fused-ring (bicyclic) bond motifs is 1. The summed E-state index contributed by atoms with van der Waals surface area (Å²) in [5.41, 5.74) is 1.31. The largest absolute Gasteiger partial charge is 0.573 e. The van der Waals surface area contributed by atoms with Crippen molar-refractivity contribution in [3.05, 3.63) is 54.1 Å². The number of hydrogen-bond acceptors (Lipinski definition) is 5. The Hall–Kier alpha value is -3.76. The molecule has 0 spiro atoms. The lowest BCUT2D eigenvalue weighted by Gasteiger charge is -2.32. The molecule has 0 unspecified atom stereocenters. The molecule has 37 heavy (non-hydrogen) atoms. The predicted octanol–water partition coefficient (Wildman–Crippen LogP) is 5.57. The molecule has 3 aromatic rings. The first-order valence-corrected chi connectivity index (χ1v) is 12.0. The number of aromatic nitrogens is 2. The van der Waals surface area contributed by atoms with Gasteiger partial charge < -0.3 is 18.9 Å². The number of amides is 2. The van der Waals surface area contributed by atoms with Crippen LogP contribution in [0.2, 0.25) is 0 Å². The van der Waals surface area contributed by atoms with E-state index in [4.69, 9.17) is 4.74 Å². The van der Waals surface area contributed by atoms with E-state index in [1.54, 1.807) is 42.4 Å². The van der Waals surface area contributed by atoms with Crippen LogP contribution in [0, 0.1) is 5.92 Å². The second kappa shape index (κ2) is 10.3. The highest BCUT2D eigenvalue weighted by Gasteiger charge is 2.32. The van der Waals surface area contributed by atoms with Crippen molar-refractivity contribution in [3.8, 4) is 5.75 Å². The summed E-state index contributed by atoms with van der Waals surface area (Å²) >= 11 is 0. The Bertz CT molecular complexity index is 1270. The number of ether oxygens (including phenoxy) is 2. The van der Waals surface area contributed by atoms with Crippen molar-refractivity contribution < 1.29 is 32.2 Å². The maximum absolute atomic E-state index is 13.1. The summed E-state index contributed by atoms with van der Waals surface area (Å²) in [4.78, 5) is 31.6. The Kier molecular flexibility index (Phi) is 7.33. The summed E-state index contributed by atoms with van der Waals surface area (Å²) in [6.45, 7) is 6.37. The molecule has 1 aromatic heterocycles. The van der Waals surface area contributed by atoms with Crippen LogP contribution < -0.4 is 10.1 Å². The number of rotatable bonds is 5. The van der Waals surface area contributed by atoms with Crippen molar-refractivity contribution in [2.45, 2.75) is 52.1 Å². The molecule has 1 aliphatic heterocycles. The smallest absolute Gasteiger partial charge is 0.444 e. The molecule has 1 saturated heterocycles. The lowest BCUT2D eigenvalue weighted by atomic mass is 9.96. The van der Waals surface area contributed by atoms with Crippen molar-refractivity contribution >= 4 is 29.0 Å². The Morgan fingerprint density at radius 3 is 2.43 bits per heavy atom. The first kappa shape index (κ1) is 26.3. The van der Waals surface area contributed by atoms with E-state index < -0.39 is 18.1 Å². The maximum Gasteiger partial charge on any atom is 0.573 e. The SMILES string of the molecule is CC(C)(C)OC(=O)N1CCC(C(=O)Nc2nc3ccccc3n2Cc2cccc(OC(F)(F)F)c2)CC1. The molecule has 0 radical (unpaired) electrons. The lowest BCUT2D eigenvalue weighted by Crippen LogP contribution is -2.43. The predicted molar refractivity (Wildman–Crippen MR) is 131 cm³/mol. The number of nitrogens with one attached hydrogen (secondary N) is 1. The molecule has 11 heteroatoms. The number of imidazole rings is 1. The minimum Gasteiger partial charge on any atom is -0.444 e. The highest BCUT2D eigenvalue weighted by Crippen LogP contribution is 2.27. The van der Waals surface area contributed by atoms with E-state index in [0.29, 0.717) is 43.0 Å². The third kappa shape index (κ3) is 6.93. The Labute approximate surface area is 212 Å². The van der Waals surface area contributed by atoms with Gasteiger partial charge in [0.25, 0.3) is 0 Å². The molecule has 0 aliphatic carbocycles. The van der Waals surface area contributed by atoms with Gasteiger partial charge in [-0.2, -0.15) is 0 Å². The van der Waals surface area contributed by atoms with Crippen molar-refractivity contribution in [3.63, 3.8) is 0 Å². The molecular weight excluding hydrogens is 489 g/mol. The van der Waals surface area contributed by atoms with Crippen LogP contribution in [-0.4, -0.2) is 51.5 Å². The number of para-hydroxylation sites is 2. The van der Waals surface area contributed by atoms with E-state index >= 15 is 0 Å². The number of likely N-dealkylation sites (tertiary alicyclic amines) is 1. The van der Waals surface area contributed by atoms with Crippen molar-refractivity contribution in [2.24, 2.45) is 5.92 Å². The molecule has 4 rings (SSSR count). The summed E-state index contributed by atoms with van der Waals surface area (Å²) < 4.78 is 49.2. The number of piperidine rings is 1. The molecule has 2 heterocycles. The minimum atomic E-state index is -4.79. The zero-order valence-electron chi connectivity index (χ0n) is 20.8. The van der Waals surface area contributed by atoms with Gasteiger partial charge in [-0.3, -0.25) is 10.1 Å². The molecular formula is C26H29F3N4O4. The van der Waals surface area contributed by atoms with Crippen LogP contribution in [0.4, 0.5) is 23.9 Å². The van der Waals surface area contributed by atoms with Crippen LogP contribution >= 0.6 is 0 Å². The molecule has 1 aliphatic rings. The summed E-state index contributed by atoms with van der Waals surface area (Å²) in [6, 6.07) is 13.0. The van der Waals surface area contributed by atoms with Crippen LogP contribution in [0.15, 0.2) is 48.5 Å². The molecule has 8 nitrogen and oxygen atoms in total. The Morgan fingerprint density at radius 2 is 1.76 bits per heavy atom. The van der Waals surface area contributed by atoms with Gasteiger partial charge in [0.15, 0.2) is 0 Å². The summed E-state index contributed by atoms with van der Waals surface area (Å²) in [6.07, 6.45) is -4.24. The van der Waals surface area contributed by atoms with Crippen molar-refractivity contribution in [1.82, 2.24) is 14.5 Å². The molecule has 0 bridgehead atoms. The van der Waals surface area contributed by atoms with Gasteiger partial charge in [0.2, 0.25) is 11.9 Å². The molecule has 1 N–H and O–H groups in total. The summed E-state index contributed by atoms with van der Waals surface area (Å²) in [5.74, 6) is -0.579. The fourth-order valence-electron chi connectivity index (χ4n) is 4.22. The molecule has 0 saturated carbocycles. The third-order valence-electron chi connectivity index (χ3n) is 5.88. The Morgan fingerprint density at radius 1 is 1.05 bits per heavy atom. The highest BCUT2D eigenvalue weighted by molar-refractivity contribution is 5.93. The summed E-state index contributed by atoms with van der Waals surface area (Å²) in [5, 5.41) is 2.89. The van der Waals surface area contributed by atoms with E-state index in [2.05, 4.69) is 15.0 Å². The van der Waals surface area contributed by atoms with Crippen LogP contribution in [0.25, 0.3) is 11.0 Å². The van der Waals surface area contributed by atoms with Gasteiger partial charge in [0.05, 0.1) is 17.6 Å². The van der Waals surface area contributed by atoms with Gasteiger partial charge in [-0.1, -0.05) is 24.3 Å². The van der Waals surface area contributed by atoms with Crippen LogP contribution in [-0.2, 0) is 16.1 Å². The molecule has 0 atom stereocenters. The van der Waals surface area contributed by atoms with E-state index in [9.17, 15) is 22.8 Å². The molecule has 2 aromatic carbocycles. The van der Waals surface area contributed by atoms with E-state index in [0.717, 1.165) is 5.52 Å². The number of carbonyl (C=O) groups is 2. The normalized spacial score (nSPS) is 15.0. The zero-order valence-corrected chi connectivity index (χ0v) is 20.8. The number of hydrogen-bond donors (Lipinski definition) is 1. The maximum atomic E-state index is 13.1. The average Bonchev–Trinajstić information content (AvgIpc) is 3.14. The van der Waals surface area contributed by atoms with Gasteiger partial charge >= 0.3 is 12.5 Å². The summed E-state index contributed by atoms with van der Waals surface area (Å²) in [7, 11) is 0. The average molecular weight is 519 g/mol. The number of carbonyl (C=O) groups excluding carboxylic acids is 2. The number of alkyl halides is 3. The van der Waals surface area contributed by atoms with Crippen LogP contribution in [0.5, 0.6) is 5.75 Å². The quantitative estimate of drug-likeness (QED) is 0.477. The number of benzene rings is 2. The first-order valence-electron chi connectivity index (χ1n) is 12.0. The topological polar surface area (TPSA) is 85.7 Å². The monoisotopic (exact) mass is 518 g/mol. The fraction of sp³-hybridized carbons (Fsp3) is 0.423. The Balaban J connectivity index is 1.48. The minimum absolute atomic E-state index is 0.169. The third-order valence-corrected chi connectivity index (χ3v) is 5.88. The van der Waals surface area contributed by atoms with E-state index in [1.165, 1.54) is 18.2 Å². The second-order valence-electron chi connectivity index (χ2n) is 9.94. The first-order chi connectivity index (χ1) is 17.4. The van der Waals surface area contributed by atoms with Crippen molar-refractivity contribution in [1.29, 1.82) is 0 Å². The molecule has 198 valence electrons. The van der Waals surface area contributed by atoms with E-state index in [1.807, 2.05) is 18.2 Å². The van der Waals surface area contributed by atoms with Gasteiger partial charge in [0, 0.05) is 19.0 Å². The number of nitrogens with zero attached hydrogens (tertiary/aromatic N) is 3. The van der Waals surface area contributed by atoms with E-state index in [-0.39, 0.29) is 24.1 Å². The van der Waals surface area contributed by atoms with Gasteiger partial charge in [-0.05, 0) is 63.4 Å². The van der Waals surface area contributed by atoms with Gasteiger partial charge in [-0.25, -0.2) is 9.78 Å². The lowest BCUT2D eigenvalue weighted by molar-refractivity contribution is -0.274. The highest BCUT2D eigenvalue weighted by atomic mass is 19.4. The van der Waals surface area contributed by atoms with Crippen LogP contribution in [0.1, 0.15) is 39.2 Å². The second-order valence-corrected chi connectivity index (χ2v) is 9.94. The molecule has 2 amide bonds. The number of anilines is 1.